The van der Waals surface area contributed by atoms with E-state index in [4.69, 9.17) is 14.2 Å². The van der Waals surface area contributed by atoms with Crippen molar-refractivity contribution in [2.75, 3.05) is 40.5 Å². The third kappa shape index (κ3) is 4.61. The van der Waals surface area contributed by atoms with Crippen LogP contribution in [-0.4, -0.2) is 63.3 Å². The van der Waals surface area contributed by atoms with Gasteiger partial charge in [0.1, 0.15) is 6.04 Å². The van der Waals surface area contributed by atoms with Crippen molar-refractivity contribution in [3.8, 4) is 11.5 Å². The maximum absolute atomic E-state index is 12.3. The van der Waals surface area contributed by atoms with Crippen molar-refractivity contribution < 1.29 is 23.8 Å². The number of methoxy groups -OCH3 is 2. The maximum Gasteiger partial charge on any atom is 0.245 e. The summed E-state index contributed by atoms with van der Waals surface area (Å²) < 4.78 is 15.6. The fourth-order valence-corrected chi connectivity index (χ4v) is 2.59. The Hall–Kier alpha value is -2.28. The highest BCUT2D eigenvalue weighted by atomic mass is 16.5. The molecule has 0 saturated carbocycles. The van der Waals surface area contributed by atoms with Crippen LogP contribution in [-0.2, 0) is 20.7 Å². The highest BCUT2D eigenvalue weighted by Gasteiger charge is 2.23. The van der Waals surface area contributed by atoms with Crippen LogP contribution in [0.1, 0.15) is 12.5 Å². The van der Waals surface area contributed by atoms with Crippen LogP contribution in [0, 0.1) is 0 Å². The first-order valence-electron chi connectivity index (χ1n) is 7.92. The van der Waals surface area contributed by atoms with Crippen LogP contribution in [0.5, 0.6) is 11.5 Å². The Kier molecular flexibility index (Phi) is 6.43. The number of ether oxygens (including phenoxy) is 3. The summed E-state index contributed by atoms with van der Waals surface area (Å²) in [7, 11) is 3.11. The summed E-state index contributed by atoms with van der Waals surface area (Å²) in [5.74, 6) is 0.882. The Labute approximate surface area is 141 Å². The van der Waals surface area contributed by atoms with Gasteiger partial charge in [-0.05, 0) is 24.6 Å². The summed E-state index contributed by atoms with van der Waals surface area (Å²) >= 11 is 0. The smallest absolute Gasteiger partial charge is 0.245 e. The van der Waals surface area contributed by atoms with E-state index in [1.807, 2.05) is 0 Å². The van der Waals surface area contributed by atoms with Gasteiger partial charge >= 0.3 is 0 Å². The van der Waals surface area contributed by atoms with Crippen LogP contribution in [0.15, 0.2) is 18.2 Å². The van der Waals surface area contributed by atoms with Crippen LogP contribution in [0.3, 0.4) is 0 Å². The molecule has 1 heterocycles. The maximum atomic E-state index is 12.3. The molecule has 7 heteroatoms. The van der Waals surface area contributed by atoms with Crippen molar-refractivity contribution in [1.29, 1.82) is 0 Å². The molecule has 1 aromatic carbocycles. The van der Waals surface area contributed by atoms with E-state index >= 15 is 0 Å². The van der Waals surface area contributed by atoms with Gasteiger partial charge < -0.3 is 24.4 Å². The molecule has 0 aromatic heterocycles. The zero-order valence-electron chi connectivity index (χ0n) is 14.3. The lowest BCUT2D eigenvalue weighted by molar-refractivity contribution is -0.139. The van der Waals surface area contributed by atoms with E-state index < -0.39 is 6.04 Å². The Morgan fingerprint density at radius 2 is 1.88 bits per heavy atom. The summed E-state index contributed by atoms with van der Waals surface area (Å²) in [5.41, 5.74) is 0.788. The number of rotatable bonds is 6. The number of morpholine rings is 1. The zero-order valence-corrected chi connectivity index (χ0v) is 14.3. The first kappa shape index (κ1) is 18.1. The minimum Gasteiger partial charge on any atom is -0.493 e. The number of amides is 2. The molecule has 0 unspecified atom stereocenters. The number of hydrogen-bond acceptors (Lipinski definition) is 5. The highest BCUT2D eigenvalue weighted by Crippen LogP contribution is 2.27. The molecule has 0 spiro atoms. The van der Waals surface area contributed by atoms with Gasteiger partial charge in [-0.15, -0.1) is 0 Å². The monoisotopic (exact) mass is 336 g/mol. The second-order valence-electron chi connectivity index (χ2n) is 5.59. The highest BCUT2D eigenvalue weighted by molar-refractivity contribution is 5.88. The molecule has 7 nitrogen and oxygen atoms in total. The number of nitrogens with zero attached hydrogens (tertiary/aromatic N) is 1. The summed E-state index contributed by atoms with van der Waals surface area (Å²) in [6.07, 6.45) is 0.168. The fraction of sp³-hybridized carbons (Fsp3) is 0.529. The number of carbonyl (C=O) groups excluding carboxylic acids is 2. The standard InChI is InChI=1S/C17H24N2O5/c1-12(17(21)19-6-8-24-9-7-19)18-16(20)11-13-4-5-14(22-2)15(10-13)23-3/h4-5,10,12H,6-9,11H2,1-3H3,(H,18,20)/t12-/m1/s1. The van der Waals surface area contributed by atoms with Gasteiger partial charge in [-0.3, -0.25) is 9.59 Å². The number of nitrogens with one attached hydrogen (secondary N) is 1. The number of carbonyl (C=O) groups is 2. The predicted molar refractivity (Wildman–Crippen MR) is 88.3 cm³/mol. The summed E-state index contributed by atoms with van der Waals surface area (Å²) in [6.45, 7) is 3.91. The minimum absolute atomic E-state index is 0.0843. The van der Waals surface area contributed by atoms with Crippen LogP contribution >= 0.6 is 0 Å². The molecule has 0 radical (unpaired) electrons. The van der Waals surface area contributed by atoms with Crippen LogP contribution < -0.4 is 14.8 Å². The molecule has 1 aliphatic rings. The van der Waals surface area contributed by atoms with Crippen molar-refractivity contribution in [3.63, 3.8) is 0 Å². The average Bonchev–Trinajstić information content (AvgIpc) is 2.61. The normalized spacial score (nSPS) is 15.5. The van der Waals surface area contributed by atoms with Gasteiger partial charge in [-0.25, -0.2) is 0 Å². The van der Waals surface area contributed by atoms with Crippen molar-refractivity contribution in [3.05, 3.63) is 23.8 Å². The lowest BCUT2D eigenvalue weighted by Crippen LogP contribution is -2.50. The predicted octanol–water partition coefficient (Wildman–Crippen LogP) is 0.610. The van der Waals surface area contributed by atoms with E-state index in [1.54, 1.807) is 44.2 Å². The van der Waals surface area contributed by atoms with E-state index in [0.29, 0.717) is 37.8 Å². The molecule has 1 N–H and O–H groups in total. The fourth-order valence-electron chi connectivity index (χ4n) is 2.59. The first-order valence-corrected chi connectivity index (χ1v) is 7.92. The first-order chi connectivity index (χ1) is 11.5. The van der Waals surface area contributed by atoms with Crippen molar-refractivity contribution in [2.45, 2.75) is 19.4 Å². The Morgan fingerprint density at radius 3 is 2.50 bits per heavy atom. The second-order valence-corrected chi connectivity index (χ2v) is 5.59. The third-order valence-electron chi connectivity index (χ3n) is 3.88. The molecule has 1 saturated heterocycles. The van der Waals surface area contributed by atoms with Gasteiger partial charge in [0.25, 0.3) is 0 Å². The zero-order chi connectivity index (χ0) is 17.5. The van der Waals surface area contributed by atoms with Gasteiger partial charge in [0.2, 0.25) is 11.8 Å². The Morgan fingerprint density at radius 1 is 1.21 bits per heavy atom. The number of benzene rings is 1. The molecular formula is C17H24N2O5. The lowest BCUT2D eigenvalue weighted by Gasteiger charge is -2.29. The SMILES string of the molecule is COc1ccc(CC(=O)N[C@H](C)C(=O)N2CCOCC2)cc1OC. The molecule has 0 aliphatic carbocycles. The molecule has 1 aromatic rings. The quantitative estimate of drug-likeness (QED) is 0.824. The minimum atomic E-state index is -0.559. The van der Waals surface area contributed by atoms with Gasteiger partial charge in [0.05, 0.1) is 33.9 Å². The topological polar surface area (TPSA) is 77.1 Å². The second kappa shape index (κ2) is 8.54. The summed E-state index contributed by atoms with van der Waals surface area (Å²) in [5, 5.41) is 2.75. The van der Waals surface area contributed by atoms with E-state index in [2.05, 4.69) is 5.32 Å². The molecule has 1 aliphatic heterocycles. The van der Waals surface area contributed by atoms with E-state index in [0.717, 1.165) is 5.56 Å². The van der Waals surface area contributed by atoms with E-state index in [9.17, 15) is 9.59 Å². The molecule has 24 heavy (non-hydrogen) atoms. The summed E-state index contributed by atoms with van der Waals surface area (Å²) in [6, 6.07) is 4.75. The van der Waals surface area contributed by atoms with Crippen LogP contribution in [0.2, 0.25) is 0 Å². The average molecular weight is 336 g/mol. The van der Waals surface area contributed by atoms with Crippen LogP contribution in [0.4, 0.5) is 0 Å². The molecule has 1 atom stereocenters. The molecule has 1 fully saturated rings. The van der Waals surface area contributed by atoms with Crippen molar-refractivity contribution >= 4 is 11.8 Å². The van der Waals surface area contributed by atoms with Gasteiger partial charge in [0.15, 0.2) is 11.5 Å². The number of hydrogen-bond donors (Lipinski definition) is 1. The van der Waals surface area contributed by atoms with E-state index in [1.165, 1.54) is 0 Å². The van der Waals surface area contributed by atoms with Crippen LogP contribution in [0.25, 0.3) is 0 Å². The lowest BCUT2D eigenvalue weighted by atomic mass is 10.1. The van der Waals surface area contributed by atoms with E-state index in [-0.39, 0.29) is 18.2 Å². The molecule has 2 rings (SSSR count). The van der Waals surface area contributed by atoms with Crippen molar-refractivity contribution in [2.24, 2.45) is 0 Å². The largest absolute Gasteiger partial charge is 0.493 e. The Bertz CT molecular complexity index is 584. The summed E-state index contributed by atoms with van der Waals surface area (Å²) in [4.78, 5) is 26.2. The molecule has 2 amide bonds. The van der Waals surface area contributed by atoms with Gasteiger partial charge in [0, 0.05) is 13.1 Å². The van der Waals surface area contributed by atoms with Gasteiger partial charge in [-0.1, -0.05) is 6.07 Å². The van der Waals surface area contributed by atoms with Crippen molar-refractivity contribution in [1.82, 2.24) is 10.2 Å². The molecule has 0 bridgehead atoms. The molecule has 132 valence electrons. The molecular weight excluding hydrogens is 312 g/mol. The Balaban J connectivity index is 1.91. The van der Waals surface area contributed by atoms with Gasteiger partial charge in [-0.2, -0.15) is 0 Å². The third-order valence-corrected chi connectivity index (χ3v) is 3.88.